The van der Waals surface area contributed by atoms with E-state index in [1.54, 1.807) is 0 Å². The van der Waals surface area contributed by atoms with Gasteiger partial charge in [-0.3, -0.25) is 0 Å². The first-order valence-electron chi connectivity index (χ1n) is 6.89. The maximum absolute atomic E-state index is 5.85. The summed E-state index contributed by atoms with van der Waals surface area (Å²) < 4.78 is 11.6. The van der Waals surface area contributed by atoms with Crippen LogP contribution >= 0.6 is 0 Å². The van der Waals surface area contributed by atoms with Crippen LogP contribution in [0.2, 0.25) is 0 Å². The predicted octanol–water partition coefficient (Wildman–Crippen LogP) is 3.95. The molecule has 0 aliphatic carbocycles. The summed E-state index contributed by atoms with van der Waals surface area (Å²) in [4.78, 5) is 0. The molecule has 0 fully saturated rings. The molecule has 0 bridgehead atoms. The molecule has 1 heterocycles. The molecule has 0 aromatic carbocycles. The minimum atomic E-state index is 0.0270. The number of hydrogen-bond donors (Lipinski definition) is 0. The lowest BCUT2D eigenvalue weighted by Crippen LogP contribution is -2.25. The van der Waals surface area contributed by atoms with Crippen LogP contribution in [0.3, 0.4) is 0 Å². The number of ether oxygens (including phenoxy) is 2. The normalized spacial score (nSPS) is 25.8. The van der Waals surface area contributed by atoms with Crippen LogP contribution in [0, 0.1) is 5.92 Å². The lowest BCUT2D eigenvalue weighted by atomic mass is 9.97. The van der Waals surface area contributed by atoms with E-state index in [0.717, 1.165) is 32.5 Å². The molecule has 1 unspecified atom stereocenters. The summed E-state index contributed by atoms with van der Waals surface area (Å²) in [6, 6.07) is 0. The first-order valence-corrected chi connectivity index (χ1v) is 6.89. The average Bonchev–Trinajstić information content (AvgIpc) is 2.29. The van der Waals surface area contributed by atoms with E-state index < -0.39 is 0 Å². The van der Waals surface area contributed by atoms with E-state index in [-0.39, 0.29) is 5.60 Å². The summed E-state index contributed by atoms with van der Waals surface area (Å²) in [7, 11) is 0. The molecule has 0 N–H and O–H groups in total. The van der Waals surface area contributed by atoms with Crippen molar-refractivity contribution in [2.24, 2.45) is 5.92 Å². The molecule has 2 atom stereocenters. The molecule has 1 rings (SSSR count). The quantitative estimate of drug-likeness (QED) is 0.517. The molecule has 100 valence electrons. The van der Waals surface area contributed by atoms with Crippen LogP contribution in [0.5, 0.6) is 0 Å². The Bertz CT molecular complexity index is 256. The van der Waals surface area contributed by atoms with E-state index in [2.05, 4.69) is 40.7 Å². The van der Waals surface area contributed by atoms with Crippen molar-refractivity contribution in [1.29, 1.82) is 0 Å². The summed E-state index contributed by atoms with van der Waals surface area (Å²) in [6.07, 6.45) is 6.01. The van der Waals surface area contributed by atoms with Crippen LogP contribution < -0.4 is 0 Å². The van der Waals surface area contributed by atoms with E-state index in [0.29, 0.717) is 12.0 Å². The van der Waals surface area contributed by atoms with Crippen LogP contribution in [0.4, 0.5) is 0 Å². The minimum Gasteiger partial charge on any atom is -0.376 e. The van der Waals surface area contributed by atoms with Crippen LogP contribution in [-0.4, -0.2) is 24.9 Å². The summed E-state index contributed by atoms with van der Waals surface area (Å²) >= 11 is 0. The SMILES string of the molecule is CCC(C)(C)OCCCC1=C[C@H](C)C(C)OC1. The third kappa shape index (κ3) is 5.22. The Kier molecular flexibility index (Phi) is 5.68. The van der Waals surface area contributed by atoms with E-state index in [1.165, 1.54) is 5.57 Å². The topological polar surface area (TPSA) is 18.5 Å². The maximum atomic E-state index is 5.85. The smallest absolute Gasteiger partial charge is 0.0680 e. The highest BCUT2D eigenvalue weighted by molar-refractivity contribution is 5.08. The van der Waals surface area contributed by atoms with Gasteiger partial charge < -0.3 is 9.47 Å². The molecular weight excluding hydrogens is 212 g/mol. The minimum absolute atomic E-state index is 0.0270. The fourth-order valence-electron chi connectivity index (χ4n) is 1.85. The molecule has 0 aromatic rings. The fourth-order valence-corrected chi connectivity index (χ4v) is 1.85. The van der Waals surface area contributed by atoms with Gasteiger partial charge in [-0.15, -0.1) is 0 Å². The van der Waals surface area contributed by atoms with E-state index in [1.807, 2.05) is 0 Å². The van der Waals surface area contributed by atoms with Gasteiger partial charge in [-0.1, -0.05) is 19.9 Å². The maximum Gasteiger partial charge on any atom is 0.0680 e. The highest BCUT2D eigenvalue weighted by Gasteiger charge is 2.18. The van der Waals surface area contributed by atoms with Crippen molar-refractivity contribution in [3.05, 3.63) is 11.6 Å². The summed E-state index contributed by atoms with van der Waals surface area (Å²) in [6.45, 7) is 12.5. The third-order valence-corrected chi connectivity index (χ3v) is 3.76. The average molecular weight is 240 g/mol. The molecule has 0 spiro atoms. The van der Waals surface area contributed by atoms with Gasteiger partial charge in [0.1, 0.15) is 0 Å². The third-order valence-electron chi connectivity index (χ3n) is 3.76. The van der Waals surface area contributed by atoms with Gasteiger partial charge in [0, 0.05) is 12.5 Å². The van der Waals surface area contributed by atoms with Crippen molar-refractivity contribution in [3.63, 3.8) is 0 Å². The van der Waals surface area contributed by atoms with Crippen molar-refractivity contribution in [3.8, 4) is 0 Å². The summed E-state index contributed by atoms with van der Waals surface area (Å²) in [5.41, 5.74) is 1.47. The second kappa shape index (κ2) is 6.55. The zero-order chi connectivity index (χ0) is 12.9. The molecular formula is C15H28O2. The molecule has 0 aromatic heterocycles. The van der Waals surface area contributed by atoms with Gasteiger partial charge >= 0.3 is 0 Å². The Morgan fingerprint density at radius 1 is 1.41 bits per heavy atom. The lowest BCUT2D eigenvalue weighted by Gasteiger charge is -2.26. The van der Waals surface area contributed by atoms with E-state index >= 15 is 0 Å². The van der Waals surface area contributed by atoms with Crippen molar-refractivity contribution < 1.29 is 9.47 Å². The second-order valence-corrected chi connectivity index (χ2v) is 5.77. The first-order chi connectivity index (χ1) is 7.94. The van der Waals surface area contributed by atoms with Crippen LogP contribution in [0.25, 0.3) is 0 Å². The Morgan fingerprint density at radius 2 is 2.12 bits per heavy atom. The van der Waals surface area contributed by atoms with Crippen molar-refractivity contribution in [1.82, 2.24) is 0 Å². The van der Waals surface area contributed by atoms with Gasteiger partial charge in [0.15, 0.2) is 0 Å². The Labute approximate surface area is 106 Å². The summed E-state index contributed by atoms with van der Waals surface area (Å²) in [5, 5.41) is 0. The molecule has 1 aliphatic rings. The Balaban J connectivity index is 2.21. The highest BCUT2D eigenvalue weighted by atomic mass is 16.5. The van der Waals surface area contributed by atoms with Gasteiger partial charge in [0.2, 0.25) is 0 Å². The van der Waals surface area contributed by atoms with E-state index in [4.69, 9.17) is 9.47 Å². The zero-order valence-corrected chi connectivity index (χ0v) is 12.1. The largest absolute Gasteiger partial charge is 0.376 e. The van der Waals surface area contributed by atoms with Crippen molar-refractivity contribution in [2.45, 2.75) is 65.6 Å². The van der Waals surface area contributed by atoms with Gasteiger partial charge in [-0.2, -0.15) is 0 Å². The molecule has 0 amide bonds. The molecule has 0 radical (unpaired) electrons. The predicted molar refractivity (Wildman–Crippen MR) is 72.2 cm³/mol. The Hall–Kier alpha value is -0.340. The monoisotopic (exact) mass is 240 g/mol. The molecule has 0 saturated carbocycles. The Morgan fingerprint density at radius 3 is 2.71 bits per heavy atom. The van der Waals surface area contributed by atoms with Crippen LogP contribution in [0.1, 0.15) is 53.9 Å². The van der Waals surface area contributed by atoms with Gasteiger partial charge in [0.25, 0.3) is 0 Å². The number of hydrogen-bond acceptors (Lipinski definition) is 2. The molecule has 2 heteroatoms. The highest BCUT2D eigenvalue weighted by Crippen LogP contribution is 2.21. The van der Waals surface area contributed by atoms with Crippen molar-refractivity contribution >= 4 is 0 Å². The van der Waals surface area contributed by atoms with Gasteiger partial charge in [-0.25, -0.2) is 0 Å². The molecule has 17 heavy (non-hydrogen) atoms. The van der Waals surface area contributed by atoms with Gasteiger partial charge in [0.05, 0.1) is 18.3 Å². The standard InChI is InChI=1S/C15H28O2/c1-6-15(4,5)17-9-7-8-14-10-12(2)13(3)16-11-14/h10,12-13H,6-9,11H2,1-5H3/t12-,13?/m0/s1. The van der Waals surface area contributed by atoms with Crippen LogP contribution in [0.15, 0.2) is 11.6 Å². The molecule has 2 nitrogen and oxygen atoms in total. The second-order valence-electron chi connectivity index (χ2n) is 5.77. The molecule has 1 aliphatic heterocycles. The lowest BCUT2D eigenvalue weighted by molar-refractivity contribution is -0.0216. The van der Waals surface area contributed by atoms with Crippen molar-refractivity contribution in [2.75, 3.05) is 13.2 Å². The fraction of sp³-hybridized carbons (Fsp3) is 0.867. The zero-order valence-electron chi connectivity index (χ0n) is 12.1. The summed E-state index contributed by atoms with van der Waals surface area (Å²) in [5.74, 6) is 0.548. The molecule has 0 saturated heterocycles. The van der Waals surface area contributed by atoms with Crippen LogP contribution in [-0.2, 0) is 9.47 Å². The van der Waals surface area contributed by atoms with E-state index in [9.17, 15) is 0 Å². The number of rotatable bonds is 6. The van der Waals surface area contributed by atoms with Gasteiger partial charge in [-0.05, 0) is 45.6 Å². The first kappa shape index (κ1) is 14.7.